The van der Waals surface area contributed by atoms with Gasteiger partial charge < -0.3 is 15.4 Å². The molecule has 0 bridgehead atoms. The maximum absolute atomic E-state index is 5.26. The van der Waals surface area contributed by atoms with Crippen LogP contribution in [0.5, 0.6) is 0 Å². The van der Waals surface area contributed by atoms with E-state index in [1.165, 1.54) is 5.56 Å². The first-order valence-corrected chi connectivity index (χ1v) is 6.76. The Bertz CT molecular complexity index is 375. The van der Waals surface area contributed by atoms with Crippen LogP contribution in [0.2, 0.25) is 0 Å². The van der Waals surface area contributed by atoms with Gasteiger partial charge in [-0.05, 0) is 25.3 Å². The molecule has 0 aliphatic rings. The summed E-state index contributed by atoms with van der Waals surface area (Å²) in [5.74, 6) is 0.825. The van der Waals surface area contributed by atoms with Gasteiger partial charge in [0.25, 0.3) is 0 Å². The first-order valence-electron chi connectivity index (χ1n) is 6.76. The van der Waals surface area contributed by atoms with Gasteiger partial charge in [-0.15, -0.1) is 0 Å². The summed E-state index contributed by atoms with van der Waals surface area (Å²) in [6.45, 7) is 5.11. The van der Waals surface area contributed by atoms with Crippen LogP contribution in [0, 0.1) is 0 Å². The summed E-state index contributed by atoms with van der Waals surface area (Å²) in [4.78, 5) is 4.16. The van der Waals surface area contributed by atoms with Crippen LogP contribution < -0.4 is 10.6 Å². The van der Waals surface area contributed by atoms with Crippen molar-refractivity contribution in [2.75, 3.05) is 33.4 Å². The van der Waals surface area contributed by atoms with E-state index in [4.69, 9.17) is 4.74 Å². The smallest absolute Gasteiger partial charge is 0.191 e. The van der Waals surface area contributed by atoms with E-state index in [-0.39, 0.29) is 0 Å². The Morgan fingerprint density at radius 2 is 2.21 bits per heavy atom. The lowest BCUT2D eigenvalue weighted by molar-refractivity contribution is 0.152. The molecule has 6 nitrogen and oxygen atoms in total. The van der Waals surface area contributed by atoms with Gasteiger partial charge in [-0.3, -0.25) is 9.67 Å². The van der Waals surface area contributed by atoms with Gasteiger partial charge in [-0.25, -0.2) is 0 Å². The summed E-state index contributed by atoms with van der Waals surface area (Å²) in [5, 5.41) is 10.6. The number of aliphatic imine (C=N–C) groups is 1. The SMILES string of the molecule is CCOCCNC(=NC)NCCCc1cnn(C)c1. The van der Waals surface area contributed by atoms with Crippen LogP contribution in [0.1, 0.15) is 18.9 Å². The zero-order chi connectivity index (χ0) is 13.9. The number of ether oxygens (including phenoxy) is 1. The fraction of sp³-hybridized carbons (Fsp3) is 0.692. The third kappa shape index (κ3) is 6.81. The molecule has 1 heterocycles. The molecule has 108 valence electrons. The van der Waals surface area contributed by atoms with Crippen LogP contribution >= 0.6 is 0 Å². The minimum absolute atomic E-state index is 0.701. The van der Waals surface area contributed by atoms with Crippen LogP contribution in [0.25, 0.3) is 0 Å². The van der Waals surface area contributed by atoms with Crippen molar-refractivity contribution in [1.82, 2.24) is 20.4 Å². The van der Waals surface area contributed by atoms with E-state index in [2.05, 4.69) is 26.9 Å². The standard InChI is InChI=1S/C13H25N5O/c1-4-19-9-8-16-13(14-2)15-7-5-6-12-10-17-18(3)11-12/h10-11H,4-9H2,1-3H3,(H2,14,15,16). The largest absolute Gasteiger partial charge is 0.380 e. The van der Waals surface area contributed by atoms with Gasteiger partial charge >= 0.3 is 0 Å². The van der Waals surface area contributed by atoms with E-state index in [0.717, 1.165) is 38.5 Å². The summed E-state index contributed by atoms with van der Waals surface area (Å²) in [5.41, 5.74) is 1.27. The molecule has 6 heteroatoms. The second-order valence-corrected chi connectivity index (χ2v) is 4.25. The maximum Gasteiger partial charge on any atom is 0.191 e. The van der Waals surface area contributed by atoms with Crippen molar-refractivity contribution >= 4 is 5.96 Å². The molecular weight excluding hydrogens is 242 g/mol. The third-order valence-electron chi connectivity index (χ3n) is 2.66. The maximum atomic E-state index is 5.26. The van der Waals surface area contributed by atoms with Crippen molar-refractivity contribution < 1.29 is 4.74 Å². The lowest BCUT2D eigenvalue weighted by atomic mass is 10.2. The molecule has 0 radical (unpaired) electrons. The fourth-order valence-corrected chi connectivity index (χ4v) is 1.71. The minimum Gasteiger partial charge on any atom is -0.380 e. The molecule has 0 aliphatic heterocycles. The van der Waals surface area contributed by atoms with Crippen LogP contribution in [0.4, 0.5) is 0 Å². The Morgan fingerprint density at radius 1 is 1.42 bits per heavy atom. The number of aryl methyl sites for hydroxylation is 2. The van der Waals surface area contributed by atoms with Crippen LogP contribution in [-0.2, 0) is 18.2 Å². The highest BCUT2D eigenvalue weighted by Gasteiger charge is 1.98. The van der Waals surface area contributed by atoms with Crippen molar-refractivity contribution in [2.24, 2.45) is 12.0 Å². The number of hydrogen-bond donors (Lipinski definition) is 2. The number of nitrogens with zero attached hydrogens (tertiary/aromatic N) is 3. The zero-order valence-electron chi connectivity index (χ0n) is 12.1. The highest BCUT2D eigenvalue weighted by molar-refractivity contribution is 5.79. The summed E-state index contributed by atoms with van der Waals surface area (Å²) in [6.07, 6.45) is 6.04. The van der Waals surface area contributed by atoms with Crippen molar-refractivity contribution in [3.05, 3.63) is 18.0 Å². The number of hydrogen-bond acceptors (Lipinski definition) is 3. The first kappa shape index (κ1) is 15.5. The number of rotatable bonds is 8. The molecule has 0 saturated heterocycles. The number of guanidine groups is 1. The minimum atomic E-state index is 0.701. The molecule has 0 saturated carbocycles. The van der Waals surface area contributed by atoms with Crippen LogP contribution in [0.3, 0.4) is 0 Å². The average Bonchev–Trinajstić information content (AvgIpc) is 2.82. The molecule has 1 rings (SSSR count). The summed E-state index contributed by atoms with van der Waals surface area (Å²) in [6, 6.07) is 0. The Labute approximate surface area is 115 Å². The van der Waals surface area contributed by atoms with Gasteiger partial charge in [-0.1, -0.05) is 0 Å². The molecule has 0 amide bonds. The second kappa shape index (κ2) is 9.38. The van der Waals surface area contributed by atoms with Gasteiger partial charge in [0, 0.05) is 40.0 Å². The molecule has 0 spiro atoms. The van der Waals surface area contributed by atoms with E-state index >= 15 is 0 Å². The Morgan fingerprint density at radius 3 is 2.84 bits per heavy atom. The quantitative estimate of drug-likeness (QED) is 0.410. The highest BCUT2D eigenvalue weighted by atomic mass is 16.5. The molecule has 0 aliphatic carbocycles. The van der Waals surface area contributed by atoms with Crippen LogP contribution in [0.15, 0.2) is 17.4 Å². The average molecular weight is 267 g/mol. The fourth-order valence-electron chi connectivity index (χ4n) is 1.71. The van der Waals surface area contributed by atoms with E-state index in [1.54, 1.807) is 7.05 Å². The van der Waals surface area contributed by atoms with E-state index < -0.39 is 0 Å². The Kier molecular flexibility index (Phi) is 7.65. The predicted octanol–water partition coefficient (Wildman–Crippen LogP) is 0.554. The molecular formula is C13H25N5O. The predicted molar refractivity (Wildman–Crippen MR) is 77.4 cm³/mol. The Hall–Kier alpha value is -1.56. The van der Waals surface area contributed by atoms with Gasteiger partial charge in [0.2, 0.25) is 0 Å². The third-order valence-corrected chi connectivity index (χ3v) is 2.66. The lowest BCUT2D eigenvalue weighted by Crippen LogP contribution is -2.39. The molecule has 0 unspecified atom stereocenters. The first-order chi connectivity index (χ1) is 9.26. The van der Waals surface area contributed by atoms with E-state index in [9.17, 15) is 0 Å². The molecule has 1 aromatic rings. The summed E-state index contributed by atoms with van der Waals surface area (Å²) in [7, 11) is 3.71. The summed E-state index contributed by atoms with van der Waals surface area (Å²) >= 11 is 0. The topological polar surface area (TPSA) is 63.5 Å². The van der Waals surface area contributed by atoms with Gasteiger partial charge in [0.15, 0.2) is 5.96 Å². The Balaban J connectivity index is 2.09. The van der Waals surface area contributed by atoms with Crippen molar-refractivity contribution in [3.8, 4) is 0 Å². The molecule has 19 heavy (non-hydrogen) atoms. The summed E-state index contributed by atoms with van der Waals surface area (Å²) < 4.78 is 7.09. The van der Waals surface area contributed by atoms with Gasteiger partial charge in [0.05, 0.1) is 12.8 Å². The van der Waals surface area contributed by atoms with Crippen LogP contribution in [-0.4, -0.2) is 49.1 Å². The molecule has 1 aromatic heterocycles. The molecule has 0 fully saturated rings. The number of aromatic nitrogens is 2. The van der Waals surface area contributed by atoms with Crippen molar-refractivity contribution in [3.63, 3.8) is 0 Å². The van der Waals surface area contributed by atoms with Crippen molar-refractivity contribution in [1.29, 1.82) is 0 Å². The normalized spacial score (nSPS) is 11.6. The van der Waals surface area contributed by atoms with Gasteiger partial charge in [0.1, 0.15) is 0 Å². The van der Waals surface area contributed by atoms with E-state index in [1.807, 2.05) is 24.9 Å². The highest BCUT2D eigenvalue weighted by Crippen LogP contribution is 1.99. The second-order valence-electron chi connectivity index (χ2n) is 4.25. The molecule has 0 atom stereocenters. The van der Waals surface area contributed by atoms with Gasteiger partial charge in [-0.2, -0.15) is 5.10 Å². The zero-order valence-corrected chi connectivity index (χ0v) is 12.1. The number of nitrogens with one attached hydrogen (secondary N) is 2. The molecule has 0 aromatic carbocycles. The van der Waals surface area contributed by atoms with E-state index in [0.29, 0.717) is 6.61 Å². The monoisotopic (exact) mass is 267 g/mol. The molecule has 2 N–H and O–H groups in total. The van der Waals surface area contributed by atoms with Crippen molar-refractivity contribution in [2.45, 2.75) is 19.8 Å². The lowest BCUT2D eigenvalue weighted by Gasteiger charge is -2.11.